The maximum atomic E-state index is 12.3. The van der Waals surface area contributed by atoms with Crippen molar-refractivity contribution in [2.45, 2.75) is 32.8 Å². The lowest BCUT2D eigenvalue weighted by Gasteiger charge is -2.10. The maximum absolute atomic E-state index is 12.3. The van der Waals surface area contributed by atoms with Crippen molar-refractivity contribution in [1.82, 2.24) is 20.3 Å². The highest BCUT2D eigenvalue weighted by Crippen LogP contribution is 2.20. The molecule has 1 aliphatic heterocycles. The topological polar surface area (TPSA) is 69.0 Å². The number of amides is 1. The first kappa shape index (κ1) is 16.1. The average molecular weight is 379 g/mol. The fourth-order valence-corrected chi connectivity index (χ4v) is 2.89. The van der Waals surface area contributed by atoms with Crippen LogP contribution in [0.15, 0.2) is 22.7 Å². The molecular weight excluding hydrogens is 360 g/mol. The Kier molecular flexibility index (Phi) is 4.77. The van der Waals surface area contributed by atoms with Gasteiger partial charge in [0.1, 0.15) is 0 Å². The predicted octanol–water partition coefficient (Wildman–Crippen LogP) is 2.56. The second kappa shape index (κ2) is 6.80. The number of aryl methyl sites for hydroxylation is 1. The molecular formula is C16H19BrN4O2. The van der Waals surface area contributed by atoms with Gasteiger partial charge < -0.3 is 10.1 Å². The van der Waals surface area contributed by atoms with E-state index in [2.05, 4.69) is 31.6 Å². The molecule has 1 aromatic heterocycles. The number of nitrogens with one attached hydrogen (secondary N) is 1. The number of benzene rings is 1. The van der Waals surface area contributed by atoms with E-state index in [0.717, 1.165) is 40.9 Å². The molecule has 1 N–H and O–H groups in total. The van der Waals surface area contributed by atoms with Crippen LogP contribution in [0.5, 0.6) is 0 Å². The molecule has 1 atom stereocenters. The zero-order valence-electron chi connectivity index (χ0n) is 13.2. The first-order valence-corrected chi connectivity index (χ1v) is 8.44. The van der Waals surface area contributed by atoms with Gasteiger partial charge in [-0.1, -0.05) is 21.1 Å². The summed E-state index contributed by atoms with van der Waals surface area (Å²) in [5.74, 6) is -0.210. The number of hydrogen-bond donors (Lipinski definition) is 1. The van der Waals surface area contributed by atoms with Gasteiger partial charge >= 0.3 is 0 Å². The molecule has 1 saturated heterocycles. The van der Waals surface area contributed by atoms with Crippen LogP contribution < -0.4 is 5.32 Å². The van der Waals surface area contributed by atoms with Gasteiger partial charge in [-0.3, -0.25) is 4.79 Å². The standard InChI is InChI=1S/C16H19BrN4O2/c1-10-8-12(5-6-14(10)17)21-11(2)15(19-20-21)16(22)18-9-13-4-3-7-23-13/h5-6,8,13H,3-4,7,9H2,1-2H3,(H,18,22)/t13-/m0/s1. The highest BCUT2D eigenvalue weighted by molar-refractivity contribution is 9.10. The second-order valence-electron chi connectivity index (χ2n) is 5.71. The van der Waals surface area contributed by atoms with E-state index in [-0.39, 0.29) is 12.0 Å². The number of halogens is 1. The fraction of sp³-hybridized carbons (Fsp3) is 0.438. The van der Waals surface area contributed by atoms with E-state index in [0.29, 0.717) is 12.2 Å². The van der Waals surface area contributed by atoms with Crippen molar-refractivity contribution in [2.75, 3.05) is 13.2 Å². The fourth-order valence-electron chi connectivity index (χ4n) is 2.64. The third kappa shape index (κ3) is 3.45. The van der Waals surface area contributed by atoms with E-state index in [4.69, 9.17) is 4.74 Å². The van der Waals surface area contributed by atoms with Crippen molar-refractivity contribution in [3.05, 3.63) is 39.6 Å². The molecule has 1 aliphatic rings. The van der Waals surface area contributed by atoms with Crippen molar-refractivity contribution < 1.29 is 9.53 Å². The lowest BCUT2D eigenvalue weighted by atomic mass is 10.2. The van der Waals surface area contributed by atoms with Gasteiger partial charge in [0.15, 0.2) is 5.69 Å². The molecule has 0 bridgehead atoms. The Morgan fingerprint density at radius 2 is 2.30 bits per heavy atom. The van der Waals surface area contributed by atoms with Gasteiger partial charge in [-0.15, -0.1) is 5.10 Å². The number of hydrogen-bond acceptors (Lipinski definition) is 4. The Bertz CT molecular complexity index is 723. The van der Waals surface area contributed by atoms with Crippen LogP contribution in [-0.2, 0) is 4.74 Å². The van der Waals surface area contributed by atoms with Crippen LogP contribution in [0.4, 0.5) is 0 Å². The van der Waals surface area contributed by atoms with Crippen molar-refractivity contribution in [3.8, 4) is 5.69 Å². The third-order valence-electron chi connectivity index (χ3n) is 4.01. The summed E-state index contributed by atoms with van der Waals surface area (Å²) >= 11 is 3.48. The number of carbonyl (C=O) groups is 1. The van der Waals surface area contributed by atoms with E-state index < -0.39 is 0 Å². The molecule has 1 aromatic carbocycles. The molecule has 0 saturated carbocycles. The molecule has 122 valence electrons. The molecule has 3 rings (SSSR count). The van der Waals surface area contributed by atoms with Crippen LogP contribution >= 0.6 is 15.9 Å². The van der Waals surface area contributed by atoms with Gasteiger partial charge in [0.25, 0.3) is 5.91 Å². The van der Waals surface area contributed by atoms with E-state index in [1.54, 1.807) is 4.68 Å². The van der Waals surface area contributed by atoms with Crippen molar-refractivity contribution in [1.29, 1.82) is 0 Å². The highest BCUT2D eigenvalue weighted by atomic mass is 79.9. The van der Waals surface area contributed by atoms with Gasteiger partial charge in [-0.05, 0) is 50.5 Å². The smallest absolute Gasteiger partial charge is 0.273 e. The summed E-state index contributed by atoms with van der Waals surface area (Å²) in [6.45, 7) is 5.15. The summed E-state index contributed by atoms with van der Waals surface area (Å²) < 4.78 is 8.22. The van der Waals surface area contributed by atoms with Crippen LogP contribution in [0.3, 0.4) is 0 Å². The predicted molar refractivity (Wildman–Crippen MR) is 89.8 cm³/mol. The highest BCUT2D eigenvalue weighted by Gasteiger charge is 2.20. The summed E-state index contributed by atoms with van der Waals surface area (Å²) in [5.41, 5.74) is 3.05. The molecule has 0 spiro atoms. The first-order valence-electron chi connectivity index (χ1n) is 7.65. The summed E-state index contributed by atoms with van der Waals surface area (Å²) in [4.78, 5) is 12.3. The molecule has 1 fully saturated rings. The Morgan fingerprint density at radius 3 is 3.00 bits per heavy atom. The first-order chi connectivity index (χ1) is 11.1. The Labute approximate surface area is 143 Å². The molecule has 0 aliphatic carbocycles. The van der Waals surface area contributed by atoms with Crippen LogP contribution in [0, 0.1) is 13.8 Å². The normalized spacial score (nSPS) is 17.4. The summed E-state index contributed by atoms with van der Waals surface area (Å²) in [6.07, 6.45) is 2.16. The third-order valence-corrected chi connectivity index (χ3v) is 4.90. The van der Waals surface area contributed by atoms with Crippen molar-refractivity contribution in [3.63, 3.8) is 0 Å². The van der Waals surface area contributed by atoms with E-state index in [1.807, 2.05) is 32.0 Å². The summed E-state index contributed by atoms with van der Waals surface area (Å²) in [6, 6.07) is 5.90. The lowest BCUT2D eigenvalue weighted by Crippen LogP contribution is -2.32. The molecule has 2 heterocycles. The van der Waals surface area contributed by atoms with Gasteiger partial charge in [-0.2, -0.15) is 0 Å². The van der Waals surface area contributed by atoms with E-state index in [9.17, 15) is 4.79 Å². The second-order valence-corrected chi connectivity index (χ2v) is 6.57. The van der Waals surface area contributed by atoms with Crippen LogP contribution in [0.25, 0.3) is 5.69 Å². The number of rotatable bonds is 4. The van der Waals surface area contributed by atoms with Gasteiger partial charge in [0.05, 0.1) is 17.5 Å². The SMILES string of the molecule is Cc1cc(-n2nnc(C(=O)NC[C@@H]3CCCO3)c2C)ccc1Br. The Morgan fingerprint density at radius 1 is 1.48 bits per heavy atom. The van der Waals surface area contributed by atoms with Crippen molar-refractivity contribution >= 4 is 21.8 Å². The summed E-state index contributed by atoms with van der Waals surface area (Å²) in [5, 5.41) is 11.0. The maximum Gasteiger partial charge on any atom is 0.273 e. The zero-order valence-corrected chi connectivity index (χ0v) is 14.8. The molecule has 0 unspecified atom stereocenters. The van der Waals surface area contributed by atoms with Crippen LogP contribution in [0.1, 0.15) is 34.6 Å². The lowest BCUT2D eigenvalue weighted by molar-refractivity contribution is 0.0853. The summed E-state index contributed by atoms with van der Waals surface area (Å²) in [7, 11) is 0. The van der Waals surface area contributed by atoms with Crippen molar-refractivity contribution in [2.24, 2.45) is 0 Å². The minimum absolute atomic E-state index is 0.114. The zero-order chi connectivity index (χ0) is 16.4. The number of aromatic nitrogens is 3. The minimum Gasteiger partial charge on any atom is -0.376 e. The quantitative estimate of drug-likeness (QED) is 0.887. The molecule has 7 heteroatoms. The van der Waals surface area contributed by atoms with Crippen LogP contribution in [0.2, 0.25) is 0 Å². The number of nitrogens with zero attached hydrogens (tertiary/aromatic N) is 3. The Balaban J connectivity index is 1.75. The average Bonchev–Trinajstić information content (AvgIpc) is 3.17. The van der Waals surface area contributed by atoms with E-state index in [1.165, 1.54) is 0 Å². The van der Waals surface area contributed by atoms with Gasteiger partial charge in [0, 0.05) is 17.6 Å². The van der Waals surface area contributed by atoms with Crippen LogP contribution in [-0.4, -0.2) is 40.2 Å². The number of ether oxygens (including phenoxy) is 1. The largest absolute Gasteiger partial charge is 0.376 e. The number of carbonyl (C=O) groups excluding carboxylic acids is 1. The Hall–Kier alpha value is -1.73. The molecule has 0 radical (unpaired) electrons. The molecule has 23 heavy (non-hydrogen) atoms. The monoisotopic (exact) mass is 378 g/mol. The van der Waals surface area contributed by atoms with Gasteiger partial charge in [-0.25, -0.2) is 4.68 Å². The molecule has 1 amide bonds. The molecule has 2 aromatic rings. The van der Waals surface area contributed by atoms with Gasteiger partial charge in [0.2, 0.25) is 0 Å². The minimum atomic E-state index is -0.210. The van der Waals surface area contributed by atoms with E-state index >= 15 is 0 Å². The molecule has 6 nitrogen and oxygen atoms in total.